The summed E-state index contributed by atoms with van der Waals surface area (Å²) in [5.41, 5.74) is 11.1. The number of H-pyrrole nitrogens is 2. The molecule has 1 aliphatic carbocycles. The molecule has 0 saturated heterocycles. The van der Waals surface area contributed by atoms with Crippen LogP contribution in [0.2, 0.25) is 0 Å². The second kappa shape index (κ2) is 10.0. The Morgan fingerprint density at radius 1 is 1.00 bits per heavy atom. The number of aromatic nitrogens is 2. The average Bonchev–Trinajstić information content (AvgIpc) is 3.31. The number of hydrogen-bond donors (Lipinski definition) is 4. The van der Waals surface area contributed by atoms with E-state index in [-0.39, 0.29) is 6.04 Å². The van der Waals surface area contributed by atoms with Gasteiger partial charge in [-0.25, -0.2) is 14.6 Å². The van der Waals surface area contributed by atoms with Crippen LogP contribution in [0.4, 0.5) is 5.69 Å². The Labute approximate surface area is 211 Å². The molecule has 5 rings (SSSR count). The minimum Gasteiger partial charge on any atom is -0.451 e. The number of anilines is 1. The van der Waals surface area contributed by atoms with E-state index < -0.39 is 41.1 Å². The number of hydrogen-bond acceptors (Lipinski definition) is 7. The number of nitrogen functional groups attached to an aromatic ring is 1. The average molecular weight is 500 g/mol. The van der Waals surface area contributed by atoms with Crippen LogP contribution in [0.25, 0.3) is 6.08 Å². The SMILES string of the molecule is Nc1c(C(=O)OCC(=O)N2NC3=C(CCC/C3=C\c3ccccc3)[C@@H]2c2ccccc2)[nH]c(=O)[nH]c1=O. The summed E-state index contributed by atoms with van der Waals surface area (Å²) in [5.74, 6) is -1.58. The summed E-state index contributed by atoms with van der Waals surface area (Å²) in [7, 11) is 0. The van der Waals surface area contributed by atoms with Crippen LogP contribution in [-0.4, -0.2) is 33.5 Å². The molecule has 1 aliphatic heterocycles. The zero-order valence-electron chi connectivity index (χ0n) is 19.8. The zero-order valence-corrected chi connectivity index (χ0v) is 19.8. The van der Waals surface area contributed by atoms with Gasteiger partial charge in [0.05, 0.1) is 5.70 Å². The van der Waals surface area contributed by atoms with Crippen LogP contribution in [0, 0.1) is 0 Å². The summed E-state index contributed by atoms with van der Waals surface area (Å²) < 4.78 is 5.15. The first-order valence-electron chi connectivity index (χ1n) is 11.8. The smallest absolute Gasteiger partial charge is 0.357 e. The highest BCUT2D eigenvalue weighted by molar-refractivity contribution is 5.94. The summed E-state index contributed by atoms with van der Waals surface area (Å²) in [5, 5.41) is 1.47. The number of carbonyl (C=O) groups is 2. The lowest BCUT2D eigenvalue weighted by Gasteiger charge is -2.26. The first-order valence-corrected chi connectivity index (χ1v) is 11.8. The monoisotopic (exact) mass is 499 g/mol. The Balaban J connectivity index is 1.42. The van der Waals surface area contributed by atoms with E-state index in [1.807, 2.05) is 65.6 Å². The van der Waals surface area contributed by atoms with Gasteiger partial charge in [0.25, 0.3) is 11.5 Å². The molecule has 0 bridgehead atoms. The first kappa shape index (κ1) is 23.9. The van der Waals surface area contributed by atoms with Gasteiger partial charge in [0, 0.05) is 0 Å². The molecule has 188 valence electrons. The van der Waals surface area contributed by atoms with Crippen molar-refractivity contribution in [1.29, 1.82) is 0 Å². The first-order chi connectivity index (χ1) is 17.9. The van der Waals surface area contributed by atoms with Crippen molar-refractivity contribution in [3.8, 4) is 0 Å². The fraction of sp³-hybridized carbons (Fsp3) is 0.185. The number of amides is 1. The Morgan fingerprint density at radius 2 is 1.70 bits per heavy atom. The summed E-state index contributed by atoms with van der Waals surface area (Å²) in [6.45, 7) is -0.623. The predicted molar refractivity (Wildman–Crippen MR) is 137 cm³/mol. The number of nitrogens with two attached hydrogens (primary N) is 1. The van der Waals surface area contributed by atoms with Gasteiger partial charge in [-0.05, 0) is 47.6 Å². The number of benzene rings is 2. The van der Waals surface area contributed by atoms with Crippen LogP contribution in [0.15, 0.2) is 87.1 Å². The maximum atomic E-state index is 13.4. The quantitative estimate of drug-likeness (QED) is 0.394. The predicted octanol–water partition coefficient (Wildman–Crippen LogP) is 2.41. The van der Waals surface area contributed by atoms with Crippen molar-refractivity contribution in [2.75, 3.05) is 12.3 Å². The van der Waals surface area contributed by atoms with Crippen molar-refractivity contribution in [2.24, 2.45) is 0 Å². The molecule has 0 fully saturated rings. The maximum absolute atomic E-state index is 13.4. The summed E-state index contributed by atoms with van der Waals surface area (Å²) in [6, 6.07) is 19.2. The lowest BCUT2D eigenvalue weighted by molar-refractivity contribution is -0.138. The molecule has 5 N–H and O–H groups in total. The van der Waals surface area contributed by atoms with Gasteiger partial charge < -0.3 is 10.5 Å². The van der Waals surface area contributed by atoms with Gasteiger partial charge in [0.15, 0.2) is 12.3 Å². The minimum absolute atomic E-state index is 0.383. The Bertz CT molecular complexity index is 1520. The molecule has 3 aromatic rings. The molecule has 37 heavy (non-hydrogen) atoms. The van der Waals surface area contributed by atoms with E-state index in [0.29, 0.717) is 0 Å². The third-order valence-electron chi connectivity index (χ3n) is 6.39. The number of hydrazine groups is 1. The van der Waals surface area contributed by atoms with Crippen LogP contribution < -0.4 is 22.4 Å². The standard InChI is InChI=1S/C27H25N5O5/c28-21-23(29-27(36)30-25(21)34)26(35)37-15-20(33)32-24(17-10-5-2-6-11-17)19-13-7-12-18(22(19)31-32)14-16-8-3-1-4-9-16/h1-6,8-11,14,24,31H,7,12-13,15,28H2,(H2,29,30,34,36)/b18-14+/t24-/m0/s1. The lowest BCUT2D eigenvalue weighted by Crippen LogP contribution is -2.42. The highest BCUT2D eigenvalue weighted by Crippen LogP contribution is 2.43. The number of esters is 1. The molecule has 0 radical (unpaired) electrons. The minimum atomic E-state index is -1.08. The number of nitrogens with zero attached hydrogens (tertiary/aromatic N) is 1. The Kier molecular flexibility index (Phi) is 6.46. The second-order valence-electron chi connectivity index (χ2n) is 8.80. The number of carbonyl (C=O) groups excluding carboxylic acids is 2. The molecular formula is C27H25N5O5. The van der Waals surface area contributed by atoms with Crippen LogP contribution in [0.3, 0.4) is 0 Å². The highest BCUT2D eigenvalue weighted by atomic mass is 16.5. The molecule has 1 atom stereocenters. The van der Waals surface area contributed by atoms with E-state index in [4.69, 9.17) is 10.5 Å². The molecule has 2 heterocycles. The molecule has 2 aliphatic rings. The largest absolute Gasteiger partial charge is 0.451 e. The van der Waals surface area contributed by atoms with Crippen LogP contribution in [0.1, 0.15) is 46.9 Å². The van der Waals surface area contributed by atoms with Crippen molar-refractivity contribution in [3.05, 3.63) is 115 Å². The molecule has 1 aromatic heterocycles. The van der Waals surface area contributed by atoms with Crippen molar-refractivity contribution in [2.45, 2.75) is 25.3 Å². The van der Waals surface area contributed by atoms with E-state index in [1.54, 1.807) is 0 Å². The molecule has 10 nitrogen and oxygen atoms in total. The van der Waals surface area contributed by atoms with E-state index in [1.165, 1.54) is 5.01 Å². The molecule has 0 saturated carbocycles. The van der Waals surface area contributed by atoms with E-state index in [2.05, 4.69) is 16.5 Å². The van der Waals surface area contributed by atoms with Gasteiger partial charge in [-0.1, -0.05) is 60.7 Å². The fourth-order valence-corrected chi connectivity index (χ4v) is 4.70. The van der Waals surface area contributed by atoms with Crippen LogP contribution >= 0.6 is 0 Å². The molecule has 1 amide bonds. The van der Waals surface area contributed by atoms with E-state index in [9.17, 15) is 19.2 Å². The maximum Gasteiger partial charge on any atom is 0.357 e. The zero-order chi connectivity index (χ0) is 25.9. The Morgan fingerprint density at radius 3 is 2.43 bits per heavy atom. The van der Waals surface area contributed by atoms with E-state index in [0.717, 1.165) is 47.2 Å². The topological polar surface area (TPSA) is 150 Å². The fourth-order valence-electron chi connectivity index (χ4n) is 4.70. The number of nitrogens with one attached hydrogen (secondary N) is 3. The van der Waals surface area contributed by atoms with Gasteiger partial charge in [0.1, 0.15) is 11.7 Å². The van der Waals surface area contributed by atoms with Gasteiger partial charge in [0.2, 0.25) is 0 Å². The number of rotatable bonds is 5. The van der Waals surface area contributed by atoms with Crippen LogP contribution in [-0.2, 0) is 9.53 Å². The third-order valence-corrected chi connectivity index (χ3v) is 6.39. The second-order valence-corrected chi connectivity index (χ2v) is 8.80. The van der Waals surface area contributed by atoms with Crippen molar-refractivity contribution in [3.63, 3.8) is 0 Å². The summed E-state index contributed by atoms with van der Waals surface area (Å²) >= 11 is 0. The van der Waals surface area contributed by atoms with Crippen molar-refractivity contribution >= 4 is 23.6 Å². The number of allylic oxidation sites excluding steroid dienone is 1. The lowest BCUT2D eigenvalue weighted by atomic mass is 9.86. The molecule has 0 spiro atoms. The molecule has 10 heteroatoms. The number of aromatic amines is 2. The highest BCUT2D eigenvalue weighted by Gasteiger charge is 2.39. The van der Waals surface area contributed by atoms with E-state index >= 15 is 0 Å². The van der Waals surface area contributed by atoms with Gasteiger partial charge in [-0.3, -0.25) is 25.0 Å². The summed E-state index contributed by atoms with van der Waals surface area (Å²) in [6.07, 6.45) is 4.72. The van der Waals surface area contributed by atoms with Crippen molar-refractivity contribution < 1.29 is 14.3 Å². The molecule has 2 aromatic carbocycles. The Hall–Kier alpha value is -4.86. The summed E-state index contributed by atoms with van der Waals surface area (Å²) in [4.78, 5) is 53.2. The van der Waals surface area contributed by atoms with Crippen LogP contribution in [0.5, 0.6) is 0 Å². The molecular weight excluding hydrogens is 474 g/mol. The normalized spacial score (nSPS) is 17.9. The third kappa shape index (κ3) is 4.81. The van der Waals surface area contributed by atoms with Gasteiger partial charge in [-0.15, -0.1) is 0 Å². The number of ether oxygens (including phenoxy) is 1. The van der Waals surface area contributed by atoms with Gasteiger partial charge >= 0.3 is 11.7 Å². The van der Waals surface area contributed by atoms with Crippen molar-refractivity contribution in [1.82, 2.24) is 20.4 Å². The molecule has 0 unspecified atom stereocenters. The van der Waals surface area contributed by atoms with Gasteiger partial charge in [-0.2, -0.15) is 0 Å².